The van der Waals surface area contributed by atoms with Crippen molar-refractivity contribution in [1.29, 1.82) is 0 Å². The normalized spacial score (nSPS) is 12.3. The SMILES string of the molecule is Cc1ccc(S(=O)(=O)N(CC(=O)N(Cc2ccccc2F)[C@H](Cc2ccccc2)C(=O)NC(C)(C)C)c2cc(C)ccc2C)cc1. The highest BCUT2D eigenvalue weighted by molar-refractivity contribution is 7.92. The van der Waals surface area contributed by atoms with Crippen LogP contribution in [0.3, 0.4) is 0 Å². The highest BCUT2D eigenvalue weighted by Crippen LogP contribution is 2.29. The lowest BCUT2D eigenvalue weighted by Gasteiger charge is -2.35. The molecule has 0 saturated heterocycles. The van der Waals surface area contributed by atoms with E-state index < -0.39 is 45.8 Å². The van der Waals surface area contributed by atoms with Gasteiger partial charge in [-0.3, -0.25) is 13.9 Å². The molecule has 0 saturated carbocycles. The van der Waals surface area contributed by atoms with Gasteiger partial charge in [0.15, 0.2) is 0 Å². The summed E-state index contributed by atoms with van der Waals surface area (Å²) in [6, 6.07) is 26.1. The van der Waals surface area contributed by atoms with Gasteiger partial charge in [-0.15, -0.1) is 0 Å². The Morgan fingerprint density at radius 3 is 2.07 bits per heavy atom. The van der Waals surface area contributed by atoms with Crippen LogP contribution in [0.4, 0.5) is 10.1 Å². The molecule has 4 rings (SSSR count). The lowest BCUT2D eigenvalue weighted by Crippen LogP contribution is -2.56. The number of nitrogens with one attached hydrogen (secondary N) is 1. The number of rotatable bonds is 11. The Hall–Kier alpha value is -4.50. The van der Waals surface area contributed by atoms with E-state index in [1.165, 1.54) is 23.1 Å². The predicted octanol–water partition coefficient (Wildman–Crippen LogP) is 6.50. The van der Waals surface area contributed by atoms with E-state index in [0.717, 1.165) is 21.0 Å². The van der Waals surface area contributed by atoms with Crippen LogP contribution in [0.1, 0.15) is 48.6 Å². The number of sulfonamides is 1. The Kier molecular flexibility index (Phi) is 10.7. The molecule has 4 aromatic carbocycles. The highest BCUT2D eigenvalue weighted by atomic mass is 32.2. The minimum atomic E-state index is -4.24. The van der Waals surface area contributed by atoms with Crippen molar-refractivity contribution >= 4 is 27.5 Å². The van der Waals surface area contributed by atoms with Crippen molar-refractivity contribution in [1.82, 2.24) is 10.2 Å². The Bertz CT molecular complexity index is 1790. The number of hydrogen-bond donors (Lipinski definition) is 1. The number of amides is 2. The first kappa shape index (κ1) is 34.4. The molecule has 0 aliphatic rings. The Morgan fingerprint density at radius 2 is 1.43 bits per heavy atom. The van der Waals surface area contributed by atoms with Crippen molar-refractivity contribution in [3.8, 4) is 0 Å². The zero-order valence-electron chi connectivity index (χ0n) is 27.2. The van der Waals surface area contributed by atoms with Gasteiger partial charge >= 0.3 is 0 Å². The molecule has 0 bridgehead atoms. The van der Waals surface area contributed by atoms with Crippen LogP contribution in [0.5, 0.6) is 0 Å². The van der Waals surface area contributed by atoms with E-state index in [9.17, 15) is 18.0 Å². The van der Waals surface area contributed by atoms with Crippen molar-refractivity contribution in [2.45, 2.75) is 71.0 Å². The van der Waals surface area contributed by atoms with Crippen molar-refractivity contribution in [2.75, 3.05) is 10.8 Å². The van der Waals surface area contributed by atoms with Gasteiger partial charge in [-0.2, -0.15) is 0 Å². The molecule has 0 aliphatic carbocycles. The number of hydrogen-bond acceptors (Lipinski definition) is 4. The van der Waals surface area contributed by atoms with Crippen LogP contribution in [0.2, 0.25) is 0 Å². The molecule has 0 aliphatic heterocycles. The maximum Gasteiger partial charge on any atom is 0.264 e. The average molecular weight is 644 g/mol. The molecule has 0 radical (unpaired) electrons. The van der Waals surface area contributed by atoms with Gasteiger partial charge in [0.25, 0.3) is 10.0 Å². The summed E-state index contributed by atoms with van der Waals surface area (Å²) >= 11 is 0. The molecule has 242 valence electrons. The summed E-state index contributed by atoms with van der Waals surface area (Å²) in [5.74, 6) is -1.61. The summed E-state index contributed by atoms with van der Waals surface area (Å²) in [6.07, 6.45) is 0.136. The molecule has 7 nitrogen and oxygen atoms in total. The summed E-state index contributed by atoms with van der Waals surface area (Å²) < 4.78 is 44.7. The lowest BCUT2D eigenvalue weighted by atomic mass is 10.0. The second-order valence-corrected chi connectivity index (χ2v) is 14.5. The van der Waals surface area contributed by atoms with E-state index >= 15 is 4.39 Å². The monoisotopic (exact) mass is 643 g/mol. The minimum absolute atomic E-state index is 0.0266. The Balaban J connectivity index is 1.86. The zero-order chi connectivity index (χ0) is 33.6. The molecule has 2 amide bonds. The first-order valence-corrected chi connectivity index (χ1v) is 16.7. The molecular weight excluding hydrogens is 601 g/mol. The summed E-state index contributed by atoms with van der Waals surface area (Å²) in [4.78, 5) is 29.9. The van der Waals surface area contributed by atoms with Gasteiger partial charge in [-0.05, 0) is 82.5 Å². The van der Waals surface area contributed by atoms with E-state index in [1.54, 1.807) is 49.4 Å². The zero-order valence-corrected chi connectivity index (χ0v) is 28.1. The molecule has 0 aromatic heterocycles. The molecule has 1 atom stereocenters. The number of halogens is 1. The third kappa shape index (κ3) is 8.60. The molecule has 0 spiro atoms. The first-order chi connectivity index (χ1) is 21.7. The molecule has 1 N–H and O–H groups in total. The standard InChI is InChI=1S/C37H42FN3O4S/c1-26-17-20-31(21-18-26)46(44,45)41(33-22-27(2)16-19-28(33)3)25-35(42)40(24-30-14-10-11-15-32(30)38)34(36(43)39-37(4,5)6)23-29-12-8-7-9-13-29/h7-22,34H,23-25H2,1-6H3,(H,39,43)/t34-/m1/s1. The molecule has 0 heterocycles. The van der Waals surface area contributed by atoms with Gasteiger partial charge in [0.2, 0.25) is 11.8 Å². The third-order valence-electron chi connectivity index (χ3n) is 7.59. The Morgan fingerprint density at radius 1 is 0.826 bits per heavy atom. The van der Waals surface area contributed by atoms with Gasteiger partial charge in [-0.25, -0.2) is 12.8 Å². The molecule has 0 fully saturated rings. The summed E-state index contributed by atoms with van der Waals surface area (Å²) in [5, 5.41) is 2.98. The summed E-state index contributed by atoms with van der Waals surface area (Å²) in [5.41, 5.74) is 3.07. The van der Waals surface area contributed by atoms with Crippen LogP contribution in [0.25, 0.3) is 0 Å². The Labute approximate surface area is 272 Å². The molecular formula is C37H42FN3O4S. The number of anilines is 1. The van der Waals surface area contributed by atoms with E-state index in [-0.39, 0.29) is 23.4 Å². The summed E-state index contributed by atoms with van der Waals surface area (Å²) in [7, 11) is -4.24. The van der Waals surface area contributed by atoms with Gasteiger partial charge in [0, 0.05) is 24.1 Å². The number of nitrogens with zero attached hydrogens (tertiary/aromatic N) is 2. The topological polar surface area (TPSA) is 86.8 Å². The number of carbonyl (C=O) groups excluding carboxylic acids is 2. The first-order valence-electron chi connectivity index (χ1n) is 15.2. The fourth-order valence-corrected chi connectivity index (χ4v) is 6.63. The number of carbonyl (C=O) groups is 2. The lowest BCUT2D eigenvalue weighted by molar-refractivity contribution is -0.140. The van der Waals surface area contributed by atoms with Crippen LogP contribution in [-0.4, -0.2) is 43.3 Å². The van der Waals surface area contributed by atoms with Gasteiger partial charge < -0.3 is 10.2 Å². The number of benzene rings is 4. The molecule has 9 heteroatoms. The second-order valence-electron chi connectivity index (χ2n) is 12.7. The molecule has 4 aromatic rings. The minimum Gasteiger partial charge on any atom is -0.350 e. The van der Waals surface area contributed by atoms with Gasteiger partial charge in [0.1, 0.15) is 18.4 Å². The average Bonchev–Trinajstić information content (AvgIpc) is 2.99. The smallest absolute Gasteiger partial charge is 0.264 e. The second kappa shape index (κ2) is 14.3. The van der Waals surface area contributed by atoms with E-state index in [2.05, 4.69) is 5.32 Å². The maximum atomic E-state index is 15.1. The largest absolute Gasteiger partial charge is 0.350 e. The van der Waals surface area contributed by atoms with Crippen molar-refractivity contribution in [3.05, 3.63) is 131 Å². The van der Waals surface area contributed by atoms with E-state index in [1.807, 2.05) is 71.0 Å². The fraction of sp³-hybridized carbons (Fsp3) is 0.297. The third-order valence-corrected chi connectivity index (χ3v) is 9.36. The van der Waals surface area contributed by atoms with E-state index in [0.29, 0.717) is 11.3 Å². The molecule has 46 heavy (non-hydrogen) atoms. The summed E-state index contributed by atoms with van der Waals surface area (Å²) in [6.45, 7) is 10.1. The van der Waals surface area contributed by atoms with Crippen LogP contribution >= 0.6 is 0 Å². The van der Waals surface area contributed by atoms with Crippen molar-refractivity contribution < 1.29 is 22.4 Å². The quantitative estimate of drug-likeness (QED) is 0.202. The predicted molar refractivity (Wildman–Crippen MR) is 180 cm³/mol. The van der Waals surface area contributed by atoms with Crippen LogP contribution < -0.4 is 9.62 Å². The highest BCUT2D eigenvalue weighted by Gasteiger charge is 2.36. The van der Waals surface area contributed by atoms with Crippen molar-refractivity contribution in [2.24, 2.45) is 0 Å². The maximum absolute atomic E-state index is 15.1. The van der Waals surface area contributed by atoms with Crippen LogP contribution in [0.15, 0.2) is 102 Å². The number of aryl methyl sites for hydroxylation is 3. The molecule has 0 unspecified atom stereocenters. The van der Waals surface area contributed by atoms with Crippen LogP contribution in [-0.2, 0) is 32.6 Å². The van der Waals surface area contributed by atoms with Crippen molar-refractivity contribution in [3.63, 3.8) is 0 Å². The fourth-order valence-electron chi connectivity index (χ4n) is 5.16. The van der Waals surface area contributed by atoms with Gasteiger partial charge in [0.05, 0.1) is 10.6 Å². The van der Waals surface area contributed by atoms with E-state index in [4.69, 9.17) is 0 Å². The van der Waals surface area contributed by atoms with Crippen LogP contribution in [0, 0.1) is 26.6 Å². The van der Waals surface area contributed by atoms with Gasteiger partial charge in [-0.1, -0.05) is 78.4 Å².